The van der Waals surface area contributed by atoms with Crippen LogP contribution in [0.4, 0.5) is 0 Å². The van der Waals surface area contributed by atoms with Crippen molar-refractivity contribution in [2.45, 2.75) is 38.2 Å². The smallest absolute Gasteiger partial charge is 0.224 e. The Balaban J connectivity index is 1.88. The van der Waals surface area contributed by atoms with Gasteiger partial charge in [-0.05, 0) is 38.3 Å². The first-order chi connectivity index (χ1) is 10.4. The maximum atomic E-state index is 11.9. The first-order valence-corrected chi connectivity index (χ1v) is 8.08. The SMILES string of the molecule is Cc1cccc(CCN2CCCC(O)(CC(=O)N(C)C)C2)c1. The fourth-order valence-corrected chi connectivity index (χ4v) is 3.14. The number of benzene rings is 1. The lowest BCUT2D eigenvalue weighted by Crippen LogP contribution is -2.50. The summed E-state index contributed by atoms with van der Waals surface area (Å²) in [5, 5.41) is 10.7. The molecular formula is C18H28N2O2. The maximum Gasteiger partial charge on any atom is 0.224 e. The van der Waals surface area contributed by atoms with Gasteiger partial charge in [0.2, 0.25) is 5.91 Å². The number of aryl methyl sites for hydroxylation is 1. The van der Waals surface area contributed by atoms with Crippen LogP contribution in [0.2, 0.25) is 0 Å². The minimum Gasteiger partial charge on any atom is -0.388 e. The van der Waals surface area contributed by atoms with E-state index in [1.807, 2.05) is 0 Å². The molecule has 0 aliphatic carbocycles. The van der Waals surface area contributed by atoms with Gasteiger partial charge in [-0.3, -0.25) is 4.79 Å². The summed E-state index contributed by atoms with van der Waals surface area (Å²) >= 11 is 0. The molecule has 122 valence electrons. The van der Waals surface area contributed by atoms with Gasteiger partial charge in [0, 0.05) is 27.2 Å². The molecule has 1 fully saturated rings. The van der Waals surface area contributed by atoms with Crippen molar-refractivity contribution in [1.29, 1.82) is 0 Å². The summed E-state index contributed by atoms with van der Waals surface area (Å²) in [5.41, 5.74) is 1.74. The van der Waals surface area contributed by atoms with Crippen molar-refractivity contribution in [3.63, 3.8) is 0 Å². The highest BCUT2D eigenvalue weighted by Gasteiger charge is 2.35. The van der Waals surface area contributed by atoms with Gasteiger partial charge >= 0.3 is 0 Å². The zero-order valence-corrected chi connectivity index (χ0v) is 14.0. The number of aliphatic hydroxyl groups is 1. The average Bonchev–Trinajstić information content (AvgIpc) is 2.45. The van der Waals surface area contributed by atoms with Crippen molar-refractivity contribution in [3.05, 3.63) is 35.4 Å². The fraction of sp³-hybridized carbons (Fsp3) is 0.611. The van der Waals surface area contributed by atoms with E-state index >= 15 is 0 Å². The Morgan fingerprint density at radius 2 is 2.18 bits per heavy atom. The standard InChI is InChI=1S/C18H28N2O2/c1-15-6-4-7-16(12-15)8-11-20-10-5-9-18(22,14-20)13-17(21)19(2)3/h4,6-7,12,22H,5,8-11,13-14H2,1-3H3. The Hall–Kier alpha value is -1.39. The van der Waals surface area contributed by atoms with Gasteiger partial charge < -0.3 is 14.9 Å². The van der Waals surface area contributed by atoms with Gasteiger partial charge in [0.15, 0.2) is 0 Å². The van der Waals surface area contributed by atoms with Crippen molar-refractivity contribution < 1.29 is 9.90 Å². The quantitative estimate of drug-likeness (QED) is 0.903. The van der Waals surface area contributed by atoms with E-state index in [-0.39, 0.29) is 12.3 Å². The van der Waals surface area contributed by atoms with Gasteiger partial charge in [0.1, 0.15) is 0 Å². The van der Waals surface area contributed by atoms with E-state index in [0.717, 1.165) is 25.9 Å². The van der Waals surface area contributed by atoms with Gasteiger partial charge in [-0.15, -0.1) is 0 Å². The lowest BCUT2D eigenvalue weighted by molar-refractivity contribution is -0.136. The third-order valence-corrected chi connectivity index (χ3v) is 4.41. The molecule has 1 aliphatic heterocycles. The molecule has 1 aromatic carbocycles. The second kappa shape index (κ2) is 7.25. The summed E-state index contributed by atoms with van der Waals surface area (Å²) < 4.78 is 0. The number of β-amino-alcohol motifs (C(OH)–C–C–N with tert-alkyl or cyclic N) is 1. The lowest BCUT2D eigenvalue weighted by atomic mass is 9.89. The molecule has 0 spiro atoms. The zero-order chi connectivity index (χ0) is 16.2. The number of carbonyl (C=O) groups excluding carboxylic acids is 1. The van der Waals surface area contributed by atoms with Crippen LogP contribution in [0.1, 0.15) is 30.4 Å². The molecule has 4 nitrogen and oxygen atoms in total. The van der Waals surface area contributed by atoms with Crippen molar-refractivity contribution in [1.82, 2.24) is 9.80 Å². The molecule has 0 aromatic heterocycles. The molecule has 2 rings (SSSR count). The number of amides is 1. The Labute approximate surface area is 133 Å². The summed E-state index contributed by atoms with van der Waals surface area (Å²) in [4.78, 5) is 15.7. The molecule has 0 bridgehead atoms. The average molecular weight is 304 g/mol. The molecule has 1 saturated heterocycles. The van der Waals surface area contributed by atoms with Gasteiger partial charge in [-0.2, -0.15) is 0 Å². The number of hydrogen-bond acceptors (Lipinski definition) is 3. The van der Waals surface area contributed by atoms with E-state index in [4.69, 9.17) is 0 Å². The van der Waals surface area contributed by atoms with Crippen LogP contribution >= 0.6 is 0 Å². The van der Waals surface area contributed by atoms with Crippen LogP contribution in [-0.2, 0) is 11.2 Å². The van der Waals surface area contributed by atoms with Gasteiger partial charge in [-0.25, -0.2) is 0 Å². The Kier molecular flexibility index (Phi) is 5.59. The first kappa shape index (κ1) is 17.0. The Morgan fingerprint density at radius 3 is 2.86 bits per heavy atom. The molecule has 0 saturated carbocycles. The van der Waals surface area contributed by atoms with E-state index in [0.29, 0.717) is 13.0 Å². The molecule has 1 atom stereocenters. The van der Waals surface area contributed by atoms with Crippen LogP contribution in [0, 0.1) is 6.92 Å². The topological polar surface area (TPSA) is 43.8 Å². The molecule has 22 heavy (non-hydrogen) atoms. The highest BCUT2D eigenvalue weighted by Crippen LogP contribution is 2.25. The number of rotatable bonds is 5. The zero-order valence-electron chi connectivity index (χ0n) is 14.0. The predicted octanol–water partition coefficient (Wildman–Crippen LogP) is 1.84. The van der Waals surface area contributed by atoms with Gasteiger partial charge in [-0.1, -0.05) is 29.8 Å². The molecule has 1 unspecified atom stereocenters. The second-order valence-electron chi connectivity index (χ2n) is 6.81. The number of piperidine rings is 1. The third kappa shape index (κ3) is 4.82. The van der Waals surface area contributed by atoms with Gasteiger partial charge in [0.25, 0.3) is 0 Å². The predicted molar refractivity (Wildman–Crippen MR) is 88.8 cm³/mol. The summed E-state index contributed by atoms with van der Waals surface area (Å²) in [6.07, 6.45) is 2.87. The van der Waals surface area contributed by atoms with Crippen LogP contribution in [0.15, 0.2) is 24.3 Å². The third-order valence-electron chi connectivity index (χ3n) is 4.41. The van der Waals surface area contributed by atoms with Crippen LogP contribution < -0.4 is 0 Å². The van der Waals surface area contributed by atoms with Crippen LogP contribution in [0.5, 0.6) is 0 Å². The number of likely N-dealkylation sites (tertiary alicyclic amines) is 1. The molecule has 0 radical (unpaired) electrons. The van der Waals surface area contributed by atoms with E-state index in [9.17, 15) is 9.90 Å². The second-order valence-corrected chi connectivity index (χ2v) is 6.81. The monoisotopic (exact) mass is 304 g/mol. The minimum atomic E-state index is -0.869. The molecule has 1 aromatic rings. The van der Waals surface area contributed by atoms with E-state index in [2.05, 4.69) is 36.1 Å². The molecule has 1 N–H and O–H groups in total. The van der Waals surface area contributed by atoms with E-state index in [1.165, 1.54) is 11.1 Å². The normalized spacial score (nSPS) is 22.5. The Bertz CT molecular complexity index is 516. The highest BCUT2D eigenvalue weighted by atomic mass is 16.3. The van der Waals surface area contributed by atoms with Crippen LogP contribution in [-0.4, -0.2) is 60.1 Å². The minimum absolute atomic E-state index is 0.00281. The first-order valence-electron chi connectivity index (χ1n) is 8.08. The number of carbonyl (C=O) groups is 1. The fourth-order valence-electron chi connectivity index (χ4n) is 3.14. The van der Waals surface area contributed by atoms with Crippen molar-refractivity contribution >= 4 is 5.91 Å². The van der Waals surface area contributed by atoms with Crippen molar-refractivity contribution in [2.75, 3.05) is 33.7 Å². The molecule has 1 amide bonds. The van der Waals surface area contributed by atoms with E-state index < -0.39 is 5.60 Å². The van der Waals surface area contributed by atoms with Gasteiger partial charge in [0.05, 0.1) is 12.0 Å². The maximum absolute atomic E-state index is 11.9. The van der Waals surface area contributed by atoms with Crippen LogP contribution in [0.3, 0.4) is 0 Å². The summed E-state index contributed by atoms with van der Waals surface area (Å²) in [6.45, 7) is 4.64. The highest BCUT2D eigenvalue weighted by molar-refractivity contribution is 5.76. The summed E-state index contributed by atoms with van der Waals surface area (Å²) in [6, 6.07) is 8.56. The number of nitrogens with zero attached hydrogens (tertiary/aromatic N) is 2. The molecule has 1 aliphatic rings. The molecule has 4 heteroatoms. The van der Waals surface area contributed by atoms with E-state index in [1.54, 1.807) is 19.0 Å². The Morgan fingerprint density at radius 1 is 1.41 bits per heavy atom. The molecular weight excluding hydrogens is 276 g/mol. The number of hydrogen-bond donors (Lipinski definition) is 1. The summed E-state index contributed by atoms with van der Waals surface area (Å²) in [5.74, 6) is 0.00281. The van der Waals surface area contributed by atoms with Crippen molar-refractivity contribution in [3.8, 4) is 0 Å². The molecule has 1 heterocycles. The van der Waals surface area contributed by atoms with Crippen LogP contribution in [0.25, 0.3) is 0 Å². The van der Waals surface area contributed by atoms with Crippen molar-refractivity contribution in [2.24, 2.45) is 0 Å². The largest absolute Gasteiger partial charge is 0.388 e. The summed E-state index contributed by atoms with van der Waals surface area (Å²) in [7, 11) is 3.48. The lowest BCUT2D eigenvalue weighted by Gasteiger charge is -2.39.